The highest BCUT2D eigenvalue weighted by molar-refractivity contribution is 5.93. The summed E-state index contributed by atoms with van der Waals surface area (Å²) in [6, 6.07) is 0. The molecule has 0 unspecified atom stereocenters. The van der Waals surface area contributed by atoms with Crippen LogP contribution in [0.4, 0.5) is 17.8 Å². The Balaban J connectivity index is 2.95. The molecule has 7 nitrogen and oxygen atoms in total. The molecule has 0 radical (unpaired) electrons. The molecular formula is C14H26N6O. The van der Waals surface area contributed by atoms with Crippen molar-refractivity contribution in [3.63, 3.8) is 0 Å². The molecule has 118 valence electrons. The average Bonchev–Trinajstić information content (AvgIpc) is 2.37. The summed E-state index contributed by atoms with van der Waals surface area (Å²) >= 11 is 0. The van der Waals surface area contributed by atoms with Gasteiger partial charge in [0.25, 0.3) is 0 Å². The maximum Gasteiger partial charge on any atom is 0.236 e. The Labute approximate surface area is 126 Å². The lowest BCUT2D eigenvalue weighted by Crippen LogP contribution is -2.33. The Bertz CT molecular complexity index is 512. The van der Waals surface area contributed by atoms with Crippen LogP contribution in [0.1, 0.15) is 54.4 Å². The highest BCUT2D eigenvalue weighted by atomic mass is 16.2. The third-order valence-electron chi connectivity index (χ3n) is 3.71. The highest BCUT2D eigenvalue weighted by Crippen LogP contribution is 2.22. The summed E-state index contributed by atoms with van der Waals surface area (Å²) < 4.78 is 0. The Kier molecular flexibility index (Phi) is 5.09. The third kappa shape index (κ3) is 4.84. The van der Waals surface area contributed by atoms with Crippen LogP contribution < -0.4 is 16.4 Å². The molecular weight excluding hydrogens is 268 g/mol. The van der Waals surface area contributed by atoms with Gasteiger partial charge in [0.2, 0.25) is 23.8 Å². The molecule has 1 rings (SSSR count). The van der Waals surface area contributed by atoms with Crippen molar-refractivity contribution in [1.82, 2.24) is 15.0 Å². The number of anilines is 3. The molecule has 0 bridgehead atoms. The van der Waals surface area contributed by atoms with Gasteiger partial charge >= 0.3 is 0 Å². The summed E-state index contributed by atoms with van der Waals surface area (Å²) in [7, 11) is 0. The van der Waals surface area contributed by atoms with E-state index in [-0.39, 0.29) is 23.3 Å². The zero-order valence-electron chi connectivity index (χ0n) is 13.7. The predicted octanol–water partition coefficient (Wildman–Crippen LogP) is 2.43. The number of carbonyl (C=O) groups excluding carboxylic acids is 1. The molecule has 0 atom stereocenters. The number of aromatic nitrogens is 3. The van der Waals surface area contributed by atoms with E-state index in [1.807, 2.05) is 34.6 Å². The number of nitrogens with zero attached hydrogens (tertiary/aromatic N) is 3. The SMILES string of the molecule is CCC(C)(C)Nc1nc(N)nc(NC(=O)C(C)(C)CC)n1. The number of nitrogen functional groups attached to an aromatic ring is 1. The van der Waals surface area contributed by atoms with E-state index >= 15 is 0 Å². The molecule has 0 saturated heterocycles. The molecule has 1 aromatic heterocycles. The van der Waals surface area contributed by atoms with Crippen molar-refractivity contribution in [2.45, 2.75) is 59.9 Å². The smallest absolute Gasteiger partial charge is 0.236 e. The molecule has 0 spiro atoms. The minimum absolute atomic E-state index is 0.0732. The lowest BCUT2D eigenvalue weighted by Gasteiger charge is -2.25. The number of hydrogen-bond acceptors (Lipinski definition) is 6. The van der Waals surface area contributed by atoms with Gasteiger partial charge < -0.3 is 11.1 Å². The van der Waals surface area contributed by atoms with Crippen molar-refractivity contribution in [2.24, 2.45) is 5.41 Å². The van der Waals surface area contributed by atoms with Gasteiger partial charge in [-0.15, -0.1) is 0 Å². The largest absolute Gasteiger partial charge is 0.368 e. The van der Waals surface area contributed by atoms with Gasteiger partial charge in [-0.2, -0.15) is 15.0 Å². The number of hydrogen-bond donors (Lipinski definition) is 3. The van der Waals surface area contributed by atoms with E-state index < -0.39 is 5.41 Å². The second kappa shape index (κ2) is 6.24. The van der Waals surface area contributed by atoms with Gasteiger partial charge in [-0.1, -0.05) is 27.7 Å². The maximum atomic E-state index is 12.2. The zero-order valence-corrected chi connectivity index (χ0v) is 13.7. The number of nitrogens with one attached hydrogen (secondary N) is 2. The fourth-order valence-corrected chi connectivity index (χ4v) is 1.33. The first-order valence-corrected chi connectivity index (χ1v) is 7.21. The maximum absolute atomic E-state index is 12.2. The number of rotatable bonds is 6. The van der Waals surface area contributed by atoms with Gasteiger partial charge in [0.15, 0.2) is 0 Å². The lowest BCUT2D eigenvalue weighted by atomic mass is 9.89. The van der Waals surface area contributed by atoms with Crippen molar-refractivity contribution in [3.05, 3.63) is 0 Å². The molecule has 0 aliphatic heterocycles. The summed E-state index contributed by atoms with van der Waals surface area (Å²) in [4.78, 5) is 24.4. The minimum Gasteiger partial charge on any atom is -0.368 e. The second-order valence-electron chi connectivity index (χ2n) is 6.39. The van der Waals surface area contributed by atoms with Crippen LogP contribution in [0.15, 0.2) is 0 Å². The molecule has 4 N–H and O–H groups in total. The molecule has 0 fully saturated rings. The standard InChI is InChI=1S/C14H26N6O/c1-7-13(3,4)9(21)16-11-17-10(15)18-12(19-11)20-14(5,6)8-2/h7-8H2,1-6H3,(H4,15,16,17,18,19,20,21). The van der Waals surface area contributed by atoms with Gasteiger partial charge in [-0.25, -0.2) is 0 Å². The van der Waals surface area contributed by atoms with E-state index in [2.05, 4.69) is 32.5 Å². The Hall–Kier alpha value is -1.92. The number of amides is 1. The Morgan fingerprint density at radius 2 is 1.62 bits per heavy atom. The van der Waals surface area contributed by atoms with Gasteiger partial charge in [0.1, 0.15) is 0 Å². The van der Waals surface area contributed by atoms with E-state index in [0.29, 0.717) is 12.4 Å². The van der Waals surface area contributed by atoms with Crippen LogP contribution >= 0.6 is 0 Å². The van der Waals surface area contributed by atoms with Crippen LogP contribution in [0.2, 0.25) is 0 Å². The lowest BCUT2D eigenvalue weighted by molar-refractivity contribution is -0.124. The van der Waals surface area contributed by atoms with Crippen LogP contribution in [0, 0.1) is 5.41 Å². The van der Waals surface area contributed by atoms with E-state index in [9.17, 15) is 4.79 Å². The topological polar surface area (TPSA) is 106 Å². The van der Waals surface area contributed by atoms with Gasteiger partial charge in [-0.3, -0.25) is 10.1 Å². The molecule has 1 heterocycles. The summed E-state index contributed by atoms with van der Waals surface area (Å²) in [5.74, 6) is 0.461. The normalized spacial score (nSPS) is 12.1. The summed E-state index contributed by atoms with van der Waals surface area (Å²) in [5, 5.41) is 5.88. The molecule has 1 amide bonds. The third-order valence-corrected chi connectivity index (χ3v) is 3.71. The molecule has 0 aliphatic rings. The number of carbonyl (C=O) groups is 1. The van der Waals surface area contributed by atoms with Crippen LogP contribution in [-0.2, 0) is 4.79 Å². The van der Waals surface area contributed by atoms with Crippen LogP contribution in [0.3, 0.4) is 0 Å². The fraction of sp³-hybridized carbons (Fsp3) is 0.714. The first-order valence-electron chi connectivity index (χ1n) is 7.21. The molecule has 7 heteroatoms. The molecule has 0 saturated carbocycles. The van der Waals surface area contributed by atoms with Gasteiger partial charge in [0, 0.05) is 11.0 Å². The number of nitrogens with two attached hydrogens (primary N) is 1. The molecule has 1 aromatic rings. The minimum atomic E-state index is -0.488. The van der Waals surface area contributed by atoms with Crippen LogP contribution in [-0.4, -0.2) is 26.4 Å². The molecule has 21 heavy (non-hydrogen) atoms. The van der Waals surface area contributed by atoms with E-state index in [4.69, 9.17) is 5.73 Å². The first-order chi connectivity index (χ1) is 9.59. The van der Waals surface area contributed by atoms with E-state index in [0.717, 1.165) is 6.42 Å². The van der Waals surface area contributed by atoms with Crippen molar-refractivity contribution >= 4 is 23.8 Å². The Morgan fingerprint density at radius 3 is 2.14 bits per heavy atom. The average molecular weight is 294 g/mol. The predicted molar refractivity (Wildman–Crippen MR) is 84.9 cm³/mol. The summed E-state index contributed by atoms with van der Waals surface area (Å²) in [5.41, 5.74) is 5.03. The van der Waals surface area contributed by atoms with Crippen molar-refractivity contribution in [3.8, 4) is 0 Å². The fourth-order valence-electron chi connectivity index (χ4n) is 1.33. The Morgan fingerprint density at radius 1 is 1.05 bits per heavy atom. The van der Waals surface area contributed by atoms with Crippen molar-refractivity contribution in [2.75, 3.05) is 16.4 Å². The second-order valence-corrected chi connectivity index (χ2v) is 6.39. The summed E-state index contributed by atoms with van der Waals surface area (Å²) in [6.07, 6.45) is 1.61. The monoisotopic (exact) mass is 294 g/mol. The van der Waals surface area contributed by atoms with Crippen LogP contribution in [0.5, 0.6) is 0 Å². The van der Waals surface area contributed by atoms with Gasteiger partial charge in [-0.05, 0) is 26.7 Å². The van der Waals surface area contributed by atoms with Gasteiger partial charge in [0.05, 0.1) is 0 Å². The quantitative estimate of drug-likeness (QED) is 0.744. The first kappa shape index (κ1) is 17.1. The highest BCUT2D eigenvalue weighted by Gasteiger charge is 2.26. The van der Waals surface area contributed by atoms with Crippen molar-refractivity contribution in [1.29, 1.82) is 0 Å². The van der Waals surface area contributed by atoms with Crippen LogP contribution in [0.25, 0.3) is 0 Å². The van der Waals surface area contributed by atoms with E-state index in [1.165, 1.54) is 0 Å². The van der Waals surface area contributed by atoms with Crippen molar-refractivity contribution < 1.29 is 4.79 Å². The summed E-state index contributed by atoms with van der Waals surface area (Å²) in [6.45, 7) is 11.8. The van der Waals surface area contributed by atoms with E-state index in [1.54, 1.807) is 0 Å². The zero-order chi connectivity index (χ0) is 16.3. The molecule has 0 aromatic carbocycles. The molecule has 0 aliphatic carbocycles.